The molecule has 0 spiro atoms. The molecular formula is C22H21F3N4O4. The third-order valence-corrected chi connectivity index (χ3v) is 5.60. The molecule has 2 N–H and O–H groups in total. The van der Waals surface area contributed by atoms with Crippen molar-refractivity contribution in [2.24, 2.45) is 0 Å². The van der Waals surface area contributed by atoms with Gasteiger partial charge in [0.25, 0.3) is 5.91 Å². The zero-order chi connectivity index (χ0) is 23.6. The van der Waals surface area contributed by atoms with Crippen molar-refractivity contribution in [2.75, 3.05) is 18.4 Å². The first-order valence-corrected chi connectivity index (χ1v) is 10.2. The lowest BCUT2D eigenvalue weighted by Gasteiger charge is -2.38. The number of alkyl halides is 3. The number of aliphatic hydroxyl groups is 1. The van der Waals surface area contributed by atoms with Crippen molar-refractivity contribution >= 4 is 17.5 Å². The molecule has 1 aliphatic heterocycles. The maximum atomic E-state index is 13.0. The normalized spacial score (nSPS) is 15.9. The van der Waals surface area contributed by atoms with Crippen molar-refractivity contribution in [3.05, 3.63) is 71.9 Å². The number of nitrogens with one attached hydrogen (secondary N) is 1. The fourth-order valence-electron chi connectivity index (χ4n) is 3.75. The van der Waals surface area contributed by atoms with E-state index in [1.54, 1.807) is 6.07 Å². The summed E-state index contributed by atoms with van der Waals surface area (Å²) in [5.41, 5.74) is -1.68. The van der Waals surface area contributed by atoms with E-state index in [9.17, 15) is 27.9 Å². The van der Waals surface area contributed by atoms with Crippen LogP contribution in [-0.4, -0.2) is 44.7 Å². The third-order valence-electron chi connectivity index (χ3n) is 5.60. The van der Waals surface area contributed by atoms with E-state index in [0.717, 1.165) is 12.1 Å². The molecule has 0 atom stereocenters. The molecule has 33 heavy (non-hydrogen) atoms. The molecule has 3 heterocycles. The number of rotatable bonds is 5. The Hall–Kier alpha value is -3.60. The van der Waals surface area contributed by atoms with Crippen LogP contribution in [-0.2, 0) is 23.1 Å². The van der Waals surface area contributed by atoms with Gasteiger partial charge in [-0.25, -0.2) is 0 Å². The summed E-state index contributed by atoms with van der Waals surface area (Å²) >= 11 is 0. The first-order chi connectivity index (χ1) is 15.6. The number of carbonyl (C=O) groups is 2. The second-order valence-electron chi connectivity index (χ2n) is 7.85. The van der Waals surface area contributed by atoms with Crippen LogP contribution in [0.2, 0.25) is 0 Å². The van der Waals surface area contributed by atoms with Crippen LogP contribution in [0.1, 0.15) is 34.5 Å². The Balaban J connectivity index is 1.33. The molecule has 8 nitrogen and oxygen atoms in total. The molecule has 3 aromatic rings. The molecule has 1 aliphatic rings. The summed E-state index contributed by atoms with van der Waals surface area (Å²) in [7, 11) is 0. The molecule has 2 aromatic heterocycles. The highest BCUT2D eigenvalue weighted by Gasteiger charge is 2.38. The lowest BCUT2D eigenvalue weighted by Crippen LogP contribution is -2.46. The van der Waals surface area contributed by atoms with Crippen LogP contribution in [0.5, 0.6) is 0 Å². The van der Waals surface area contributed by atoms with E-state index in [1.807, 2.05) is 0 Å². The van der Waals surface area contributed by atoms with Gasteiger partial charge in [0.05, 0.1) is 29.3 Å². The van der Waals surface area contributed by atoms with E-state index in [1.165, 1.54) is 46.4 Å². The Morgan fingerprint density at radius 3 is 2.61 bits per heavy atom. The van der Waals surface area contributed by atoms with Gasteiger partial charge in [-0.05, 0) is 42.7 Å². The number of nitrogens with zero attached hydrogens (tertiary/aromatic N) is 3. The van der Waals surface area contributed by atoms with Gasteiger partial charge < -0.3 is 19.7 Å². The highest BCUT2D eigenvalue weighted by atomic mass is 19.4. The summed E-state index contributed by atoms with van der Waals surface area (Å²) < 4.78 is 45.4. The van der Waals surface area contributed by atoms with Gasteiger partial charge >= 0.3 is 6.18 Å². The lowest BCUT2D eigenvalue weighted by atomic mass is 9.83. The number of anilines is 1. The summed E-state index contributed by atoms with van der Waals surface area (Å²) in [6, 6.07) is 7.76. The Kier molecular flexibility index (Phi) is 5.98. The van der Waals surface area contributed by atoms with Gasteiger partial charge in [0.2, 0.25) is 5.91 Å². The van der Waals surface area contributed by atoms with E-state index in [-0.39, 0.29) is 49.7 Å². The van der Waals surface area contributed by atoms with Gasteiger partial charge in [0, 0.05) is 19.3 Å². The van der Waals surface area contributed by atoms with E-state index >= 15 is 0 Å². The quantitative estimate of drug-likeness (QED) is 0.606. The van der Waals surface area contributed by atoms with Crippen molar-refractivity contribution in [1.82, 2.24) is 14.7 Å². The zero-order valence-electron chi connectivity index (χ0n) is 17.4. The fraction of sp³-hybridized carbons (Fsp3) is 0.318. The zero-order valence-corrected chi connectivity index (χ0v) is 17.4. The van der Waals surface area contributed by atoms with Gasteiger partial charge in [0.1, 0.15) is 6.54 Å². The summed E-state index contributed by atoms with van der Waals surface area (Å²) in [4.78, 5) is 26.2. The highest BCUT2D eigenvalue weighted by molar-refractivity contribution is 6.02. The third kappa shape index (κ3) is 5.08. The number of hydrogen-bond acceptors (Lipinski definition) is 5. The first kappa shape index (κ1) is 22.6. The van der Waals surface area contributed by atoms with Crippen molar-refractivity contribution < 1.29 is 32.3 Å². The van der Waals surface area contributed by atoms with Crippen molar-refractivity contribution in [3.63, 3.8) is 0 Å². The Labute approximate surface area is 186 Å². The van der Waals surface area contributed by atoms with Gasteiger partial charge in [-0.2, -0.15) is 18.3 Å². The molecular weight excluding hydrogens is 441 g/mol. The molecule has 1 aromatic carbocycles. The SMILES string of the molecule is O=C(Nc1cnn(CC(=O)N2CCC(O)(c3cccc(C(F)(F)F)c3)CC2)c1)c1ccco1. The molecule has 0 unspecified atom stereocenters. The molecule has 4 rings (SSSR count). The number of likely N-dealkylation sites (tertiary alicyclic amines) is 1. The van der Waals surface area contributed by atoms with Crippen molar-refractivity contribution in [3.8, 4) is 0 Å². The Morgan fingerprint density at radius 2 is 1.94 bits per heavy atom. The fourth-order valence-corrected chi connectivity index (χ4v) is 3.75. The smallest absolute Gasteiger partial charge is 0.416 e. The predicted octanol–water partition coefficient (Wildman–Crippen LogP) is 3.26. The summed E-state index contributed by atoms with van der Waals surface area (Å²) in [5.74, 6) is -0.565. The summed E-state index contributed by atoms with van der Waals surface area (Å²) in [6.45, 7) is 0.294. The topological polar surface area (TPSA) is 101 Å². The molecule has 174 valence electrons. The standard InChI is InChI=1S/C22H21F3N4O4/c23-22(24,25)16-4-1-3-15(11-16)21(32)6-8-28(9-7-21)19(30)14-29-13-17(12-26-29)27-20(31)18-5-2-10-33-18/h1-5,10-13,32H,6-9,14H2,(H,27,31). The average Bonchev–Trinajstić information content (AvgIpc) is 3.46. The second-order valence-corrected chi connectivity index (χ2v) is 7.85. The minimum atomic E-state index is -4.50. The Morgan fingerprint density at radius 1 is 1.18 bits per heavy atom. The van der Waals surface area contributed by atoms with Crippen LogP contribution < -0.4 is 5.32 Å². The van der Waals surface area contributed by atoms with Crippen LogP contribution in [0.25, 0.3) is 0 Å². The molecule has 11 heteroatoms. The highest BCUT2D eigenvalue weighted by Crippen LogP contribution is 2.36. The number of furan rings is 1. The number of benzene rings is 1. The lowest BCUT2D eigenvalue weighted by molar-refractivity contribution is -0.137. The molecule has 0 saturated carbocycles. The van der Waals surface area contributed by atoms with Gasteiger partial charge in [-0.1, -0.05) is 12.1 Å². The number of hydrogen-bond donors (Lipinski definition) is 2. The molecule has 1 fully saturated rings. The van der Waals surface area contributed by atoms with Crippen molar-refractivity contribution in [1.29, 1.82) is 0 Å². The van der Waals surface area contributed by atoms with E-state index in [0.29, 0.717) is 5.69 Å². The minimum Gasteiger partial charge on any atom is -0.459 e. The van der Waals surface area contributed by atoms with E-state index < -0.39 is 23.2 Å². The summed E-state index contributed by atoms with van der Waals surface area (Å²) in [6.07, 6.45) is 0.0123. The summed E-state index contributed by atoms with van der Waals surface area (Å²) in [5, 5.41) is 17.6. The van der Waals surface area contributed by atoms with Crippen molar-refractivity contribution in [2.45, 2.75) is 31.2 Å². The molecule has 0 radical (unpaired) electrons. The molecule has 0 aliphatic carbocycles. The number of piperidine rings is 1. The van der Waals surface area contributed by atoms with Crippen LogP contribution in [0.15, 0.2) is 59.5 Å². The second kappa shape index (κ2) is 8.74. The largest absolute Gasteiger partial charge is 0.459 e. The Bertz CT molecular complexity index is 1130. The van der Waals surface area contributed by atoms with Gasteiger partial charge in [-0.3, -0.25) is 14.3 Å². The minimum absolute atomic E-state index is 0.0847. The van der Waals surface area contributed by atoms with Crippen LogP contribution in [0.3, 0.4) is 0 Å². The maximum absolute atomic E-state index is 13.0. The number of amides is 2. The number of halogens is 3. The molecule has 1 saturated heterocycles. The van der Waals surface area contributed by atoms with Crippen LogP contribution >= 0.6 is 0 Å². The monoisotopic (exact) mass is 462 g/mol. The van der Waals surface area contributed by atoms with Gasteiger partial charge in [-0.15, -0.1) is 0 Å². The number of carbonyl (C=O) groups excluding carboxylic acids is 2. The van der Waals surface area contributed by atoms with E-state index in [2.05, 4.69) is 10.4 Å². The molecule has 2 amide bonds. The van der Waals surface area contributed by atoms with Crippen LogP contribution in [0, 0.1) is 0 Å². The molecule has 0 bridgehead atoms. The average molecular weight is 462 g/mol. The maximum Gasteiger partial charge on any atom is 0.416 e. The van der Waals surface area contributed by atoms with Crippen LogP contribution in [0.4, 0.5) is 18.9 Å². The van der Waals surface area contributed by atoms with Gasteiger partial charge in [0.15, 0.2) is 5.76 Å². The van der Waals surface area contributed by atoms with E-state index in [4.69, 9.17) is 4.42 Å². The predicted molar refractivity (Wildman–Crippen MR) is 110 cm³/mol. The first-order valence-electron chi connectivity index (χ1n) is 10.2. The number of aromatic nitrogens is 2.